The Morgan fingerprint density at radius 1 is 1.29 bits per heavy atom. The molecule has 2 aliphatic rings. The number of aromatic amines is 1. The minimum atomic E-state index is -0.0959. The molecular formula is C20H26N2O2. The molecule has 4 rings (SSSR count). The van der Waals surface area contributed by atoms with Gasteiger partial charge in [-0.25, -0.2) is 0 Å². The topological polar surface area (TPSA) is 45.3 Å². The highest BCUT2D eigenvalue weighted by atomic mass is 16.5. The van der Waals surface area contributed by atoms with Gasteiger partial charge in [-0.2, -0.15) is 0 Å². The number of piperidine rings is 1. The van der Waals surface area contributed by atoms with Crippen molar-refractivity contribution < 1.29 is 9.53 Å². The number of hydrogen-bond donors (Lipinski definition) is 1. The summed E-state index contributed by atoms with van der Waals surface area (Å²) in [5, 5.41) is 1.38. The molecule has 128 valence electrons. The van der Waals surface area contributed by atoms with Crippen molar-refractivity contribution in [3.8, 4) is 0 Å². The van der Waals surface area contributed by atoms with Gasteiger partial charge >= 0.3 is 5.97 Å². The smallest absolute Gasteiger partial charge is 0.305 e. The number of benzene rings is 1. The number of ether oxygens (including phenoxy) is 1. The summed E-state index contributed by atoms with van der Waals surface area (Å²) in [4.78, 5) is 18.0. The predicted octanol–water partition coefficient (Wildman–Crippen LogP) is 3.75. The average molecular weight is 326 g/mol. The van der Waals surface area contributed by atoms with Gasteiger partial charge in [0.1, 0.15) is 0 Å². The average Bonchev–Trinajstić information content (AvgIpc) is 3.01. The fraction of sp³-hybridized carbons (Fsp3) is 0.550. The third kappa shape index (κ3) is 2.44. The van der Waals surface area contributed by atoms with E-state index < -0.39 is 0 Å². The van der Waals surface area contributed by atoms with Crippen LogP contribution in [-0.4, -0.2) is 36.1 Å². The van der Waals surface area contributed by atoms with Crippen LogP contribution in [0.15, 0.2) is 24.3 Å². The van der Waals surface area contributed by atoms with Gasteiger partial charge < -0.3 is 9.72 Å². The molecule has 0 amide bonds. The van der Waals surface area contributed by atoms with E-state index in [1.54, 1.807) is 0 Å². The second kappa shape index (κ2) is 6.25. The highest BCUT2D eigenvalue weighted by Crippen LogP contribution is 2.47. The van der Waals surface area contributed by atoms with E-state index in [1.807, 2.05) is 0 Å². The van der Waals surface area contributed by atoms with Gasteiger partial charge in [0, 0.05) is 29.6 Å². The van der Waals surface area contributed by atoms with Crippen LogP contribution in [0.2, 0.25) is 0 Å². The van der Waals surface area contributed by atoms with E-state index in [1.165, 1.54) is 55.1 Å². The standard InChI is InChI=1S/C20H26N2O2/c1-24-18(23)9-6-12-20-11-4-5-13-22(20)14-10-16-15-7-2-3-8-17(15)21-19(16)20/h2-3,7-8,21H,4-6,9-14H2,1H3. The molecule has 1 aromatic heterocycles. The molecule has 0 aliphatic carbocycles. The zero-order valence-electron chi connectivity index (χ0n) is 14.4. The third-order valence-electron chi connectivity index (χ3n) is 5.98. The summed E-state index contributed by atoms with van der Waals surface area (Å²) in [6.07, 6.45) is 7.30. The Kier molecular flexibility index (Phi) is 4.09. The summed E-state index contributed by atoms with van der Waals surface area (Å²) < 4.78 is 4.83. The number of methoxy groups -OCH3 is 1. The van der Waals surface area contributed by atoms with E-state index in [9.17, 15) is 4.79 Å². The Labute approximate surface area is 143 Å². The monoisotopic (exact) mass is 326 g/mol. The minimum Gasteiger partial charge on any atom is -0.469 e. The SMILES string of the molecule is COC(=O)CCCC12CCCCN1CCc1c2[nH]c2ccccc12. The van der Waals surface area contributed by atoms with Crippen molar-refractivity contribution in [2.75, 3.05) is 20.2 Å². The number of nitrogens with zero attached hydrogens (tertiary/aromatic N) is 1. The number of rotatable bonds is 4. The molecule has 1 unspecified atom stereocenters. The lowest BCUT2D eigenvalue weighted by Crippen LogP contribution is -2.53. The summed E-state index contributed by atoms with van der Waals surface area (Å²) in [6.45, 7) is 2.31. The zero-order chi connectivity index (χ0) is 16.6. The Balaban J connectivity index is 1.72. The maximum absolute atomic E-state index is 11.6. The van der Waals surface area contributed by atoms with Gasteiger partial charge in [-0.3, -0.25) is 9.69 Å². The van der Waals surface area contributed by atoms with Gasteiger partial charge in [-0.05, 0) is 56.7 Å². The fourth-order valence-corrected chi connectivity index (χ4v) is 4.84. The first-order chi connectivity index (χ1) is 11.7. The minimum absolute atomic E-state index is 0.0822. The van der Waals surface area contributed by atoms with Gasteiger partial charge in [0.05, 0.1) is 12.6 Å². The van der Waals surface area contributed by atoms with Crippen molar-refractivity contribution in [2.24, 2.45) is 0 Å². The fourth-order valence-electron chi connectivity index (χ4n) is 4.84. The number of carbonyl (C=O) groups excluding carboxylic acids is 1. The molecule has 2 aromatic rings. The molecule has 4 nitrogen and oxygen atoms in total. The zero-order valence-corrected chi connectivity index (χ0v) is 14.4. The van der Waals surface area contributed by atoms with E-state index in [0.29, 0.717) is 6.42 Å². The summed E-state index contributed by atoms with van der Waals surface area (Å²) in [6, 6.07) is 8.66. The molecule has 0 radical (unpaired) electrons. The van der Waals surface area contributed by atoms with Crippen LogP contribution in [0.5, 0.6) is 0 Å². The second-order valence-electron chi connectivity index (χ2n) is 7.18. The van der Waals surface area contributed by atoms with E-state index in [2.05, 4.69) is 34.1 Å². The Morgan fingerprint density at radius 2 is 2.17 bits per heavy atom. The highest BCUT2D eigenvalue weighted by molar-refractivity contribution is 5.85. The van der Waals surface area contributed by atoms with Crippen LogP contribution >= 0.6 is 0 Å². The molecule has 4 heteroatoms. The highest BCUT2D eigenvalue weighted by Gasteiger charge is 2.45. The van der Waals surface area contributed by atoms with Gasteiger partial charge in [0.2, 0.25) is 0 Å². The lowest BCUT2D eigenvalue weighted by molar-refractivity contribution is -0.140. The lowest BCUT2D eigenvalue weighted by Gasteiger charge is -2.50. The number of esters is 1. The van der Waals surface area contributed by atoms with Crippen LogP contribution in [0, 0.1) is 0 Å². The molecule has 1 N–H and O–H groups in total. The maximum atomic E-state index is 11.6. The van der Waals surface area contributed by atoms with Crippen LogP contribution in [0.4, 0.5) is 0 Å². The van der Waals surface area contributed by atoms with E-state index in [0.717, 1.165) is 25.8 Å². The number of hydrogen-bond acceptors (Lipinski definition) is 3. The molecule has 0 bridgehead atoms. The molecule has 1 saturated heterocycles. The first-order valence-corrected chi connectivity index (χ1v) is 9.16. The quantitative estimate of drug-likeness (QED) is 0.870. The summed E-state index contributed by atoms with van der Waals surface area (Å²) in [5.74, 6) is -0.0959. The number of aromatic nitrogens is 1. The molecule has 1 atom stereocenters. The van der Waals surface area contributed by atoms with Crippen molar-refractivity contribution in [3.05, 3.63) is 35.5 Å². The molecule has 24 heavy (non-hydrogen) atoms. The van der Waals surface area contributed by atoms with Gasteiger partial charge in [0.25, 0.3) is 0 Å². The van der Waals surface area contributed by atoms with Gasteiger partial charge in [-0.15, -0.1) is 0 Å². The van der Waals surface area contributed by atoms with Crippen molar-refractivity contribution in [1.82, 2.24) is 9.88 Å². The van der Waals surface area contributed by atoms with Crippen LogP contribution in [-0.2, 0) is 21.5 Å². The van der Waals surface area contributed by atoms with Gasteiger partial charge in [-0.1, -0.05) is 18.2 Å². The van der Waals surface area contributed by atoms with Crippen molar-refractivity contribution in [1.29, 1.82) is 0 Å². The molecule has 3 heterocycles. The molecule has 0 spiro atoms. The Morgan fingerprint density at radius 3 is 3.04 bits per heavy atom. The largest absolute Gasteiger partial charge is 0.469 e. The van der Waals surface area contributed by atoms with Crippen molar-refractivity contribution in [2.45, 2.75) is 50.5 Å². The van der Waals surface area contributed by atoms with Crippen molar-refractivity contribution in [3.63, 3.8) is 0 Å². The van der Waals surface area contributed by atoms with Crippen molar-refractivity contribution >= 4 is 16.9 Å². The van der Waals surface area contributed by atoms with Crippen LogP contribution in [0.25, 0.3) is 10.9 Å². The molecular weight excluding hydrogens is 300 g/mol. The summed E-state index contributed by atoms with van der Waals surface area (Å²) >= 11 is 0. The predicted molar refractivity (Wildman–Crippen MR) is 95.0 cm³/mol. The van der Waals surface area contributed by atoms with E-state index in [4.69, 9.17) is 4.74 Å². The van der Waals surface area contributed by atoms with Gasteiger partial charge in [0.15, 0.2) is 0 Å². The molecule has 1 fully saturated rings. The van der Waals surface area contributed by atoms with Crippen LogP contribution in [0.3, 0.4) is 0 Å². The first kappa shape index (κ1) is 15.7. The Bertz CT molecular complexity index is 751. The normalized spacial score (nSPS) is 23.7. The van der Waals surface area contributed by atoms with Crippen LogP contribution < -0.4 is 0 Å². The number of nitrogens with one attached hydrogen (secondary N) is 1. The lowest BCUT2D eigenvalue weighted by atomic mass is 9.75. The number of carbonyl (C=O) groups is 1. The molecule has 0 saturated carbocycles. The van der Waals surface area contributed by atoms with E-state index in [-0.39, 0.29) is 11.5 Å². The summed E-state index contributed by atoms with van der Waals surface area (Å²) in [5.41, 5.74) is 4.25. The summed E-state index contributed by atoms with van der Waals surface area (Å²) in [7, 11) is 1.48. The number of H-pyrrole nitrogens is 1. The third-order valence-corrected chi connectivity index (χ3v) is 5.98. The number of fused-ring (bicyclic) bond motifs is 5. The second-order valence-corrected chi connectivity index (χ2v) is 7.18. The van der Waals surface area contributed by atoms with Crippen LogP contribution in [0.1, 0.15) is 49.8 Å². The molecule has 2 aliphatic heterocycles. The first-order valence-electron chi connectivity index (χ1n) is 9.16. The maximum Gasteiger partial charge on any atom is 0.305 e. The Hall–Kier alpha value is -1.81. The van der Waals surface area contributed by atoms with E-state index >= 15 is 0 Å². The molecule has 1 aromatic carbocycles. The number of para-hydroxylation sites is 1.